The van der Waals surface area contributed by atoms with Gasteiger partial charge in [0.1, 0.15) is 21.5 Å². The number of amides is 1. The molecule has 0 aliphatic heterocycles. The van der Waals surface area contributed by atoms with E-state index in [1.807, 2.05) is 25.7 Å². The Hall–Kier alpha value is -1.74. The van der Waals surface area contributed by atoms with Crippen molar-refractivity contribution in [3.8, 4) is 6.07 Å². The summed E-state index contributed by atoms with van der Waals surface area (Å²) in [5.74, 6) is -0.213. The summed E-state index contributed by atoms with van der Waals surface area (Å²) in [6.07, 6.45) is 0. The Morgan fingerprint density at radius 2 is 2.06 bits per heavy atom. The minimum Gasteiger partial charge on any atom is -0.396 e. The number of thiophene rings is 1. The lowest BCUT2D eigenvalue weighted by atomic mass is 10.2. The number of nitrogen functional groups attached to an aromatic ring is 1. The third kappa shape index (κ3) is 2.57. The molecule has 1 aromatic heterocycles. The summed E-state index contributed by atoms with van der Waals surface area (Å²) in [4.78, 5) is 14.3. The molecule has 0 aliphatic rings. The molecule has 5 nitrogen and oxygen atoms in total. The highest BCUT2D eigenvalue weighted by Gasteiger charge is 2.22. The summed E-state index contributed by atoms with van der Waals surface area (Å²) in [7, 11) is 0. The first-order chi connectivity index (χ1) is 8.60. The average Bonchev–Trinajstić information content (AvgIpc) is 2.68. The molecule has 1 rings (SSSR count). The van der Waals surface area contributed by atoms with Gasteiger partial charge < -0.3 is 16.0 Å². The Labute approximate surface area is 111 Å². The topological polar surface area (TPSA) is 82.2 Å². The summed E-state index contributed by atoms with van der Waals surface area (Å²) >= 11 is 1.28. The molecular weight excluding hydrogens is 248 g/mol. The van der Waals surface area contributed by atoms with E-state index >= 15 is 0 Å². The number of anilines is 2. The molecule has 0 spiro atoms. The van der Waals surface area contributed by atoms with Gasteiger partial charge >= 0.3 is 0 Å². The monoisotopic (exact) mass is 266 g/mol. The van der Waals surface area contributed by atoms with Gasteiger partial charge in [-0.1, -0.05) is 0 Å². The minimum atomic E-state index is -0.213. The number of carbonyl (C=O) groups excluding carboxylic acids is 1. The molecule has 18 heavy (non-hydrogen) atoms. The van der Waals surface area contributed by atoms with Crippen LogP contribution in [0.15, 0.2) is 0 Å². The van der Waals surface area contributed by atoms with E-state index in [0.29, 0.717) is 17.0 Å². The predicted octanol–water partition coefficient (Wildman–Crippen LogP) is 1.80. The Balaban J connectivity index is 3.25. The van der Waals surface area contributed by atoms with Gasteiger partial charge in [-0.15, -0.1) is 11.3 Å². The molecule has 1 heterocycles. The van der Waals surface area contributed by atoms with E-state index in [1.54, 1.807) is 0 Å². The van der Waals surface area contributed by atoms with E-state index in [2.05, 4.69) is 11.4 Å². The second kappa shape index (κ2) is 6.26. The molecule has 0 saturated heterocycles. The first-order valence-corrected chi connectivity index (χ1v) is 6.77. The van der Waals surface area contributed by atoms with Crippen molar-refractivity contribution in [2.75, 3.05) is 30.3 Å². The third-order valence-corrected chi connectivity index (χ3v) is 3.90. The van der Waals surface area contributed by atoms with Crippen molar-refractivity contribution in [2.45, 2.75) is 20.8 Å². The van der Waals surface area contributed by atoms with Crippen molar-refractivity contribution in [2.24, 2.45) is 0 Å². The van der Waals surface area contributed by atoms with E-state index in [4.69, 9.17) is 5.73 Å². The Bertz CT molecular complexity index is 471. The first kappa shape index (κ1) is 14.3. The molecule has 0 fully saturated rings. The zero-order valence-corrected chi connectivity index (χ0v) is 11.7. The second-order valence-corrected chi connectivity index (χ2v) is 4.67. The van der Waals surface area contributed by atoms with Crippen molar-refractivity contribution in [1.82, 2.24) is 5.32 Å². The normalized spacial score (nSPS) is 9.89. The van der Waals surface area contributed by atoms with Crippen LogP contribution in [0.2, 0.25) is 0 Å². The molecule has 0 bridgehead atoms. The number of hydrogen-bond acceptors (Lipinski definition) is 5. The number of hydrogen-bond donors (Lipinski definition) is 2. The van der Waals surface area contributed by atoms with Crippen LogP contribution in [0.5, 0.6) is 0 Å². The minimum absolute atomic E-state index is 0.213. The molecule has 0 aliphatic carbocycles. The van der Waals surface area contributed by atoms with Crippen LogP contribution in [-0.2, 0) is 0 Å². The van der Waals surface area contributed by atoms with Crippen LogP contribution in [0.25, 0.3) is 0 Å². The summed E-state index contributed by atoms with van der Waals surface area (Å²) in [6, 6.07) is 2.09. The Morgan fingerprint density at radius 3 is 2.50 bits per heavy atom. The van der Waals surface area contributed by atoms with E-state index < -0.39 is 0 Å². The summed E-state index contributed by atoms with van der Waals surface area (Å²) in [6.45, 7) is 7.95. The number of carbonyl (C=O) groups is 1. The van der Waals surface area contributed by atoms with Gasteiger partial charge in [-0.3, -0.25) is 4.79 Å². The molecule has 0 aromatic carbocycles. The van der Waals surface area contributed by atoms with Gasteiger partial charge in [0.2, 0.25) is 0 Å². The maximum atomic E-state index is 11.8. The maximum Gasteiger partial charge on any atom is 0.263 e. The van der Waals surface area contributed by atoms with Gasteiger partial charge in [0, 0.05) is 19.6 Å². The fourth-order valence-corrected chi connectivity index (χ4v) is 2.90. The second-order valence-electron chi connectivity index (χ2n) is 3.67. The Kier molecular flexibility index (Phi) is 4.98. The summed E-state index contributed by atoms with van der Waals surface area (Å²) < 4.78 is 0. The van der Waals surface area contributed by atoms with Gasteiger partial charge in [-0.2, -0.15) is 5.26 Å². The van der Waals surface area contributed by atoms with Crippen molar-refractivity contribution in [3.63, 3.8) is 0 Å². The van der Waals surface area contributed by atoms with Gasteiger partial charge in [-0.25, -0.2) is 0 Å². The van der Waals surface area contributed by atoms with Crippen molar-refractivity contribution >= 4 is 27.9 Å². The summed E-state index contributed by atoms with van der Waals surface area (Å²) in [5, 5.41) is 12.7. The highest BCUT2D eigenvalue weighted by Crippen LogP contribution is 2.37. The lowest BCUT2D eigenvalue weighted by molar-refractivity contribution is 0.0960. The van der Waals surface area contributed by atoms with Crippen LogP contribution >= 0.6 is 11.3 Å². The van der Waals surface area contributed by atoms with E-state index in [9.17, 15) is 10.1 Å². The van der Waals surface area contributed by atoms with E-state index in [0.717, 1.165) is 18.1 Å². The van der Waals surface area contributed by atoms with Crippen molar-refractivity contribution in [3.05, 3.63) is 10.4 Å². The van der Waals surface area contributed by atoms with Crippen LogP contribution in [0.4, 0.5) is 10.7 Å². The molecule has 0 saturated carbocycles. The lowest BCUT2D eigenvalue weighted by Crippen LogP contribution is -2.22. The van der Waals surface area contributed by atoms with Crippen LogP contribution in [-0.4, -0.2) is 25.5 Å². The molecule has 3 N–H and O–H groups in total. The zero-order chi connectivity index (χ0) is 13.7. The van der Waals surface area contributed by atoms with Gasteiger partial charge in [-0.05, 0) is 20.8 Å². The van der Waals surface area contributed by atoms with Gasteiger partial charge in [0.05, 0.1) is 5.69 Å². The van der Waals surface area contributed by atoms with Gasteiger partial charge in [0.25, 0.3) is 5.91 Å². The molecule has 0 radical (unpaired) electrons. The van der Waals surface area contributed by atoms with E-state index in [-0.39, 0.29) is 11.6 Å². The number of nitrogens with zero attached hydrogens (tertiary/aromatic N) is 2. The maximum absolute atomic E-state index is 11.8. The van der Waals surface area contributed by atoms with Crippen molar-refractivity contribution < 1.29 is 4.79 Å². The lowest BCUT2D eigenvalue weighted by Gasteiger charge is -2.18. The number of nitrogens with two attached hydrogens (primary N) is 1. The fourth-order valence-electron chi connectivity index (χ4n) is 1.68. The highest BCUT2D eigenvalue weighted by molar-refractivity contribution is 7.19. The van der Waals surface area contributed by atoms with Crippen LogP contribution in [0, 0.1) is 11.3 Å². The zero-order valence-electron chi connectivity index (χ0n) is 10.9. The molecule has 0 unspecified atom stereocenters. The first-order valence-electron chi connectivity index (χ1n) is 5.96. The van der Waals surface area contributed by atoms with E-state index in [1.165, 1.54) is 11.3 Å². The molecule has 98 valence electrons. The quantitative estimate of drug-likeness (QED) is 0.851. The molecular formula is C12H18N4OS. The number of rotatable bonds is 5. The largest absolute Gasteiger partial charge is 0.396 e. The Morgan fingerprint density at radius 1 is 1.44 bits per heavy atom. The molecule has 0 atom stereocenters. The third-order valence-electron chi connectivity index (χ3n) is 2.63. The summed E-state index contributed by atoms with van der Waals surface area (Å²) in [5.41, 5.74) is 6.59. The van der Waals surface area contributed by atoms with Crippen molar-refractivity contribution in [1.29, 1.82) is 5.26 Å². The molecule has 1 aromatic rings. The average molecular weight is 266 g/mol. The number of nitriles is 1. The van der Waals surface area contributed by atoms with Gasteiger partial charge in [0.15, 0.2) is 0 Å². The fraction of sp³-hybridized carbons (Fsp3) is 0.500. The van der Waals surface area contributed by atoms with Crippen LogP contribution in [0.1, 0.15) is 36.0 Å². The molecule has 6 heteroatoms. The van der Waals surface area contributed by atoms with Crippen LogP contribution in [0.3, 0.4) is 0 Å². The predicted molar refractivity (Wildman–Crippen MR) is 75.0 cm³/mol. The van der Waals surface area contributed by atoms with Crippen LogP contribution < -0.4 is 16.0 Å². The molecule has 1 amide bonds. The number of nitrogens with one attached hydrogen (secondary N) is 1. The SMILES string of the molecule is CCNC(=O)c1sc(N(CC)CC)c(C#N)c1N. The highest BCUT2D eigenvalue weighted by atomic mass is 32.1. The standard InChI is InChI=1S/C12H18N4OS/c1-4-15-11(17)10-9(14)8(7-13)12(18-10)16(5-2)6-3/h4-6,14H2,1-3H3,(H,15,17). The smallest absolute Gasteiger partial charge is 0.263 e.